The normalized spacial score (nSPS) is 15.5. The molecular weight excluding hydrogens is 478 g/mol. The van der Waals surface area contributed by atoms with Gasteiger partial charge in [0, 0.05) is 18.3 Å². The monoisotopic (exact) mass is 497 g/mol. The molecule has 1 saturated heterocycles. The highest BCUT2D eigenvalue weighted by Gasteiger charge is 2.32. The molecule has 5 rings (SSSR count). The SMILES string of the molecule is COc1cc(N2Cc3cccc(NC(=O)c4ccc(Cl)s4)c3C2=O)ccc1N1CCOCC1=O. The fourth-order valence-corrected chi connectivity index (χ4v) is 5.06. The van der Waals surface area contributed by atoms with E-state index in [1.54, 1.807) is 52.3 Å². The van der Waals surface area contributed by atoms with Crippen molar-refractivity contribution in [3.05, 3.63) is 68.9 Å². The summed E-state index contributed by atoms with van der Waals surface area (Å²) in [5.74, 6) is -0.209. The van der Waals surface area contributed by atoms with Crippen molar-refractivity contribution in [1.82, 2.24) is 0 Å². The van der Waals surface area contributed by atoms with Crippen LogP contribution in [-0.2, 0) is 16.1 Å². The Morgan fingerprint density at radius 3 is 2.74 bits per heavy atom. The minimum atomic E-state index is -0.322. The van der Waals surface area contributed by atoms with Crippen molar-refractivity contribution >= 4 is 57.7 Å². The summed E-state index contributed by atoms with van der Waals surface area (Å²) in [6.45, 7) is 1.25. The van der Waals surface area contributed by atoms with Gasteiger partial charge in [-0.3, -0.25) is 14.4 Å². The second-order valence-electron chi connectivity index (χ2n) is 7.74. The quantitative estimate of drug-likeness (QED) is 0.571. The molecule has 174 valence electrons. The van der Waals surface area contributed by atoms with Crippen LogP contribution in [0.15, 0.2) is 48.5 Å². The lowest BCUT2D eigenvalue weighted by Gasteiger charge is -2.29. The van der Waals surface area contributed by atoms with Gasteiger partial charge in [-0.2, -0.15) is 0 Å². The van der Waals surface area contributed by atoms with Gasteiger partial charge in [-0.1, -0.05) is 23.7 Å². The van der Waals surface area contributed by atoms with Crippen LogP contribution in [0.1, 0.15) is 25.6 Å². The predicted octanol–water partition coefficient (Wildman–Crippen LogP) is 4.19. The Hall–Kier alpha value is -3.40. The number of hydrogen-bond acceptors (Lipinski definition) is 6. The van der Waals surface area contributed by atoms with E-state index in [0.717, 1.165) is 5.56 Å². The third-order valence-electron chi connectivity index (χ3n) is 5.74. The van der Waals surface area contributed by atoms with E-state index in [4.69, 9.17) is 21.1 Å². The molecular formula is C24H20ClN3O5S. The molecule has 8 nitrogen and oxygen atoms in total. The average molecular weight is 498 g/mol. The van der Waals surface area contributed by atoms with E-state index in [9.17, 15) is 14.4 Å². The molecule has 1 fully saturated rings. The number of morpholine rings is 1. The fraction of sp³-hybridized carbons (Fsp3) is 0.208. The lowest BCUT2D eigenvalue weighted by molar-refractivity contribution is -0.125. The summed E-state index contributed by atoms with van der Waals surface area (Å²) in [6, 6.07) is 14.0. The molecule has 1 N–H and O–H groups in total. The molecule has 0 bridgehead atoms. The topological polar surface area (TPSA) is 88.2 Å². The highest BCUT2D eigenvalue weighted by molar-refractivity contribution is 7.18. The number of amides is 3. The van der Waals surface area contributed by atoms with Crippen LogP contribution in [0.25, 0.3) is 0 Å². The number of nitrogens with zero attached hydrogens (tertiary/aromatic N) is 2. The number of fused-ring (bicyclic) bond motifs is 1. The zero-order chi connectivity index (χ0) is 23.8. The summed E-state index contributed by atoms with van der Waals surface area (Å²) < 4.78 is 11.3. The van der Waals surface area contributed by atoms with Crippen molar-refractivity contribution in [2.24, 2.45) is 0 Å². The first-order valence-corrected chi connectivity index (χ1v) is 11.7. The first-order chi connectivity index (χ1) is 16.5. The molecule has 0 aliphatic carbocycles. The largest absolute Gasteiger partial charge is 0.494 e. The van der Waals surface area contributed by atoms with E-state index in [0.29, 0.717) is 57.3 Å². The number of carbonyl (C=O) groups excluding carboxylic acids is 3. The average Bonchev–Trinajstić information content (AvgIpc) is 3.43. The second-order valence-corrected chi connectivity index (χ2v) is 9.46. The van der Waals surface area contributed by atoms with Crippen molar-refractivity contribution in [1.29, 1.82) is 0 Å². The number of rotatable bonds is 5. The summed E-state index contributed by atoms with van der Waals surface area (Å²) in [5.41, 5.74) is 2.96. The Kier molecular flexibility index (Phi) is 5.99. The van der Waals surface area contributed by atoms with Crippen molar-refractivity contribution in [2.45, 2.75) is 6.54 Å². The Bertz CT molecular complexity index is 1310. The van der Waals surface area contributed by atoms with Gasteiger partial charge in [-0.15, -0.1) is 11.3 Å². The van der Waals surface area contributed by atoms with Crippen molar-refractivity contribution in [3.8, 4) is 5.75 Å². The number of halogens is 1. The number of thiophene rings is 1. The van der Waals surface area contributed by atoms with Crippen LogP contribution in [-0.4, -0.2) is 44.6 Å². The van der Waals surface area contributed by atoms with Crippen molar-refractivity contribution < 1.29 is 23.9 Å². The zero-order valence-electron chi connectivity index (χ0n) is 18.2. The van der Waals surface area contributed by atoms with Crippen LogP contribution < -0.4 is 19.9 Å². The Labute approximate surface area is 204 Å². The highest BCUT2D eigenvalue weighted by Crippen LogP contribution is 2.38. The van der Waals surface area contributed by atoms with E-state index < -0.39 is 0 Å². The van der Waals surface area contributed by atoms with E-state index in [-0.39, 0.29) is 24.3 Å². The minimum absolute atomic E-state index is 0.0248. The van der Waals surface area contributed by atoms with Gasteiger partial charge in [-0.05, 0) is 35.9 Å². The summed E-state index contributed by atoms with van der Waals surface area (Å²) >= 11 is 7.12. The number of carbonyl (C=O) groups is 3. The molecule has 2 aliphatic rings. The van der Waals surface area contributed by atoms with E-state index in [1.807, 2.05) is 6.07 Å². The number of methoxy groups -OCH3 is 1. The first-order valence-electron chi connectivity index (χ1n) is 10.5. The lowest BCUT2D eigenvalue weighted by atomic mass is 10.1. The standard InChI is InChI=1S/C24H20ClN3O5S/c1-32-18-11-15(5-6-17(18)27-9-10-33-13-21(27)29)28-12-14-3-2-4-16(22(14)24(28)31)26-23(30)19-7-8-20(25)34-19/h2-8,11H,9-10,12-13H2,1H3,(H,26,30). The van der Waals surface area contributed by atoms with Crippen molar-refractivity contribution in [3.63, 3.8) is 0 Å². The van der Waals surface area contributed by atoms with Crippen LogP contribution in [0.2, 0.25) is 4.34 Å². The van der Waals surface area contributed by atoms with Crippen LogP contribution in [0.5, 0.6) is 5.75 Å². The Morgan fingerprint density at radius 2 is 2.00 bits per heavy atom. The maximum absolute atomic E-state index is 13.4. The lowest BCUT2D eigenvalue weighted by Crippen LogP contribution is -2.41. The number of hydrogen-bond donors (Lipinski definition) is 1. The van der Waals surface area contributed by atoms with E-state index in [2.05, 4.69) is 5.32 Å². The summed E-state index contributed by atoms with van der Waals surface area (Å²) in [7, 11) is 1.53. The third kappa shape index (κ3) is 4.02. The molecule has 0 unspecified atom stereocenters. The molecule has 34 heavy (non-hydrogen) atoms. The Morgan fingerprint density at radius 1 is 1.15 bits per heavy atom. The molecule has 2 aliphatic heterocycles. The fourth-order valence-electron chi connectivity index (χ4n) is 4.12. The Balaban J connectivity index is 1.42. The van der Waals surface area contributed by atoms with Crippen LogP contribution in [0.4, 0.5) is 17.1 Å². The zero-order valence-corrected chi connectivity index (χ0v) is 19.7. The van der Waals surface area contributed by atoms with Crippen LogP contribution in [0, 0.1) is 0 Å². The molecule has 10 heteroatoms. The minimum Gasteiger partial charge on any atom is -0.494 e. The maximum atomic E-state index is 13.4. The van der Waals surface area contributed by atoms with Gasteiger partial charge < -0.3 is 24.6 Å². The molecule has 2 aromatic carbocycles. The van der Waals surface area contributed by atoms with Gasteiger partial charge in [-0.25, -0.2) is 0 Å². The van der Waals surface area contributed by atoms with Crippen LogP contribution in [0.3, 0.4) is 0 Å². The second kappa shape index (κ2) is 9.09. The smallest absolute Gasteiger partial charge is 0.265 e. The molecule has 0 saturated carbocycles. The number of nitrogens with one attached hydrogen (secondary N) is 1. The van der Waals surface area contributed by atoms with Crippen LogP contribution >= 0.6 is 22.9 Å². The van der Waals surface area contributed by atoms with E-state index >= 15 is 0 Å². The maximum Gasteiger partial charge on any atom is 0.265 e. The molecule has 3 aromatic rings. The number of anilines is 3. The van der Waals surface area contributed by atoms with Gasteiger partial charge in [0.05, 0.1) is 46.4 Å². The first kappa shape index (κ1) is 22.4. The van der Waals surface area contributed by atoms with Gasteiger partial charge >= 0.3 is 0 Å². The molecule has 3 amide bonds. The summed E-state index contributed by atoms with van der Waals surface area (Å²) in [6.07, 6.45) is 0. The predicted molar refractivity (Wildman–Crippen MR) is 130 cm³/mol. The summed E-state index contributed by atoms with van der Waals surface area (Å²) in [4.78, 5) is 42.0. The number of benzene rings is 2. The molecule has 3 heterocycles. The van der Waals surface area contributed by atoms with Gasteiger partial charge in [0.15, 0.2) is 0 Å². The number of ether oxygens (including phenoxy) is 2. The molecule has 0 spiro atoms. The summed E-state index contributed by atoms with van der Waals surface area (Å²) in [5, 5.41) is 2.84. The molecule has 1 aromatic heterocycles. The van der Waals surface area contributed by atoms with E-state index in [1.165, 1.54) is 18.4 Å². The van der Waals surface area contributed by atoms with Crippen molar-refractivity contribution in [2.75, 3.05) is 42.0 Å². The third-order valence-corrected chi connectivity index (χ3v) is 6.96. The molecule has 0 radical (unpaired) electrons. The van der Waals surface area contributed by atoms with Gasteiger partial charge in [0.1, 0.15) is 12.4 Å². The van der Waals surface area contributed by atoms with Gasteiger partial charge in [0.2, 0.25) is 0 Å². The highest BCUT2D eigenvalue weighted by atomic mass is 35.5. The molecule has 0 atom stereocenters. The van der Waals surface area contributed by atoms with Gasteiger partial charge in [0.25, 0.3) is 17.7 Å².